The van der Waals surface area contributed by atoms with Crippen molar-refractivity contribution < 1.29 is 0 Å². The van der Waals surface area contributed by atoms with Crippen LogP contribution in [-0.2, 0) is 12.8 Å². The van der Waals surface area contributed by atoms with E-state index in [0.717, 1.165) is 0 Å². The van der Waals surface area contributed by atoms with Crippen molar-refractivity contribution in [2.24, 2.45) is 0 Å². The molecule has 0 aliphatic heterocycles. The molecule has 0 amide bonds. The molecule has 0 N–H and O–H groups in total. The zero-order valence-corrected chi connectivity index (χ0v) is 48.5. The molecule has 2 aromatic rings. The standard InChI is InChI=1S/C70H128/c1-3-5-7-9-11-13-15-17-19-21-23-25-27-29-31-33-35-37-39-41-43-45-47-49-51-53-55-57-61-67-65-66-68-62-59-60-64-70(68)69(67)63-58-56-54-52-50-48-46-44-42-40-38-36-34-32-30-28-26-24-22-20-18-16-14-12-10-8-6-4-2/h59-60,62,64-66H,3-58,61,63H2,1-2H3. The smallest absolute Gasteiger partial charge is 0.0149 e. The van der Waals surface area contributed by atoms with E-state index >= 15 is 0 Å². The van der Waals surface area contributed by atoms with E-state index in [0.29, 0.717) is 0 Å². The van der Waals surface area contributed by atoms with Crippen molar-refractivity contribution in [1.82, 2.24) is 0 Å². The molecule has 408 valence electrons. The largest absolute Gasteiger partial charge is 0.0654 e. The van der Waals surface area contributed by atoms with Gasteiger partial charge in [-0.05, 0) is 47.6 Å². The number of fused-ring (bicyclic) bond motifs is 1. The van der Waals surface area contributed by atoms with Gasteiger partial charge in [0.1, 0.15) is 0 Å². The van der Waals surface area contributed by atoms with Crippen molar-refractivity contribution >= 4 is 10.8 Å². The normalized spacial score (nSPS) is 11.7. The van der Waals surface area contributed by atoms with Crippen LogP contribution in [0.1, 0.15) is 385 Å². The lowest BCUT2D eigenvalue weighted by Gasteiger charge is -2.14. The van der Waals surface area contributed by atoms with Gasteiger partial charge in [0, 0.05) is 0 Å². The number of aryl methyl sites for hydroxylation is 2. The van der Waals surface area contributed by atoms with Crippen LogP contribution >= 0.6 is 0 Å². The van der Waals surface area contributed by atoms with Gasteiger partial charge in [0.05, 0.1) is 0 Å². The van der Waals surface area contributed by atoms with Gasteiger partial charge in [-0.2, -0.15) is 0 Å². The van der Waals surface area contributed by atoms with E-state index in [9.17, 15) is 0 Å². The Morgan fingerprint density at radius 2 is 0.414 bits per heavy atom. The topological polar surface area (TPSA) is 0 Å². The van der Waals surface area contributed by atoms with Gasteiger partial charge < -0.3 is 0 Å². The second kappa shape index (κ2) is 54.0. The van der Waals surface area contributed by atoms with Crippen LogP contribution in [0.2, 0.25) is 0 Å². The van der Waals surface area contributed by atoms with Crippen molar-refractivity contribution in [3.63, 3.8) is 0 Å². The zero-order chi connectivity index (χ0) is 49.6. The SMILES string of the molecule is CCCCCCCCCCCCCCCCCCCCCCCCCCCCCCc1ccc2ccccc2c1CCCCCCCCCCCCCCCCCCCCCCCCCCCCCC. The number of rotatable bonds is 58. The van der Waals surface area contributed by atoms with Gasteiger partial charge in [0.2, 0.25) is 0 Å². The summed E-state index contributed by atoms with van der Waals surface area (Å²) in [5.41, 5.74) is 3.33. The molecular weight excluding hydrogens is 841 g/mol. The fourth-order valence-electron chi connectivity index (χ4n) is 11.9. The van der Waals surface area contributed by atoms with E-state index in [2.05, 4.69) is 50.2 Å². The molecule has 0 fully saturated rings. The quantitative estimate of drug-likeness (QED) is 0.0580. The van der Waals surface area contributed by atoms with Gasteiger partial charge in [-0.25, -0.2) is 0 Å². The molecule has 0 aliphatic carbocycles. The lowest BCUT2D eigenvalue weighted by molar-refractivity contribution is 0.514. The average molecular weight is 970 g/mol. The van der Waals surface area contributed by atoms with Crippen molar-refractivity contribution in [3.8, 4) is 0 Å². The zero-order valence-electron chi connectivity index (χ0n) is 48.5. The average Bonchev–Trinajstić information content (AvgIpc) is 3.38. The molecule has 2 aromatic carbocycles. The van der Waals surface area contributed by atoms with E-state index in [-0.39, 0.29) is 0 Å². The molecule has 0 atom stereocenters. The molecule has 0 radical (unpaired) electrons. The monoisotopic (exact) mass is 969 g/mol. The molecule has 0 heteroatoms. The first-order valence-corrected chi connectivity index (χ1v) is 33.4. The van der Waals surface area contributed by atoms with Gasteiger partial charge in [0.15, 0.2) is 0 Å². The maximum atomic E-state index is 2.49. The van der Waals surface area contributed by atoms with Crippen LogP contribution in [0.5, 0.6) is 0 Å². The molecule has 70 heavy (non-hydrogen) atoms. The van der Waals surface area contributed by atoms with E-state index in [1.54, 1.807) is 11.1 Å². The highest BCUT2D eigenvalue weighted by Gasteiger charge is 2.08. The first-order chi connectivity index (χ1) is 34.9. The minimum absolute atomic E-state index is 1.27. The predicted octanol–water partition coefficient (Wildman–Crippen LogP) is 25.8. The molecule has 0 saturated heterocycles. The summed E-state index contributed by atoms with van der Waals surface area (Å²) in [6.07, 6.45) is 84.6. The van der Waals surface area contributed by atoms with Gasteiger partial charge in [-0.15, -0.1) is 0 Å². The number of unbranched alkanes of at least 4 members (excludes halogenated alkanes) is 54. The summed E-state index contributed by atoms with van der Waals surface area (Å²) >= 11 is 0. The Balaban J connectivity index is 1.33. The summed E-state index contributed by atoms with van der Waals surface area (Å²) in [6.45, 7) is 4.63. The summed E-state index contributed by atoms with van der Waals surface area (Å²) in [5.74, 6) is 0. The van der Waals surface area contributed by atoms with Crippen molar-refractivity contribution in [1.29, 1.82) is 0 Å². The van der Waals surface area contributed by atoms with Crippen molar-refractivity contribution in [2.75, 3.05) is 0 Å². The Hall–Kier alpha value is -1.30. The highest BCUT2D eigenvalue weighted by molar-refractivity contribution is 5.86. The van der Waals surface area contributed by atoms with Gasteiger partial charge >= 0.3 is 0 Å². The summed E-state index contributed by atoms with van der Waals surface area (Å²) < 4.78 is 0. The van der Waals surface area contributed by atoms with Crippen LogP contribution in [0.15, 0.2) is 36.4 Å². The van der Waals surface area contributed by atoms with Crippen LogP contribution in [0.3, 0.4) is 0 Å². The molecule has 0 saturated carbocycles. The predicted molar refractivity (Wildman–Crippen MR) is 321 cm³/mol. The summed E-state index contributed by atoms with van der Waals surface area (Å²) in [6, 6.07) is 14.1. The summed E-state index contributed by atoms with van der Waals surface area (Å²) in [7, 11) is 0. The van der Waals surface area contributed by atoms with Crippen LogP contribution in [0.4, 0.5) is 0 Å². The third-order valence-electron chi connectivity index (χ3n) is 16.7. The second-order valence-electron chi connectivity index (χ2n) is 23.5. The molecule has 0 bridgehead atoms. The molecule has 0 unspecified atom stereocenters. The van der Waals surface area contributed by atoms with Crippen LogP contribution in [0, 0.1) is 0 Å². The Kier molecular flexibility index (Phi) is 50.0. The molecule has 2 rings (SSSR count). The minimum Gasteiger partial charge on any atom is -0.0654 e. The number of hydrogen-bond donors (Lipinski definition) is 0. The fraction of sp³-hybridized carbons (Fsp3) is 0.857. The molecule has 0 aliphatic rings. The van der Waals surface area contributed by atoms with Gasteiger partial charge in [0.25, 0.3) is 0 Å². The van der Waals surface area contributed by atoms with Crippen LogP contribution in [-0.4, -0.2) is 0 Å². The Morgan fingerprint density at radius 3 is 0.671 bits per heavy atom. The summed E-state index contributed by atoms with van der Waals surface area (Å²) in [4.78, 5) is 0. The van der Waals surface area contributed by atoms with E-state index in [1.807, 2.05) is 0 Å². The van der Waals surface area contributed by atoms with Crippen molar-refractivity contribution in [2.45, 2.75) is 386 Å². The molecule has 0 heterocycles. The lowest BCUT2D eigenvalue weighted by Crippen LogP contribution is -1.97. The van der Waals surface area contributed by atoms with Crippen LogP contribution in [0.25, 0.3) is 10.8 Å². The summed E-state index contributed by atoms with van der Waals surface area (Å²) in [5, 5.41) is 2.97. The highest BCUT2D eigenvalue weighted by atomic mass is 14.1. The Bertz CT molecular complexity index is 1290. The number of benzene rings is 2. The molecule has 0 aromatic heterocycles. The minimum atomic E-state index is 1.27. The number of hydrogen-bond acceptors (Lipinski definition) is 0. The maximum absolute atomic E-state index is 2.49. The first-order valence-electron chi connectivity index (χ1n) is 33.4. The second-order valence-corrected chi connectivity index (χ2v) is 23.5. The third kappa shape index (κ3) is 42.1. The maximum Gasteiger partial charge on any atom is -0.0149 e. The third-order valence-corrected chi connectivity index (χ3v) is 16.7. The van der Waals surface area contributed by atoms with Gasteiger partial charge in [-0.1, -0.05) is 397 Å². The molecule has 0 spiro atoms. The van der Waals surface area contributed by atoms with E-state index in [4.69, 9.17) is 0 Å². The van der Waals surface area contributed by atoms with Crippen LogP contribution < -0.4 is 0 Å². The van der Waals surface area contributed by atoms with Gasteiger partial charge in [-0.3, -0.25) is 0 Å². The first kappa shape index (κ1) is 64.8. The molecular formula is C70H128. The lowest BCUT2D eigenvalue weighted by atomic mass is 9.91. The fourth-order valence-corrected chi connectivity index (χ4v) is 11.9. The van der Waals surface area contributed by atoms with E-state index < -0.39 is 0 Å². The van der Waals surface area contributed by atoms with E-state index in [1.165, 1.54) is 383 Å². The Labute approximate surface area is 442 Å². The Morgan fingerprint density at radius 1 is 0.200 bits per heavy atom. The highest BCUT2D eigenvalue weighted by Crippen LogP contribution is 2.27. The van der Waals surface area contributed by atoms with Crippen molar-refractivity contribution in [3.05, 3.63) is 47.5 Å². The molecule has 0 nitrogen and oxygen atoms in total.